The van der Waals surface area contributed by atoms with Crippen LogP contribution < -0.4 is 0 Å². The van der Waals surface area contributed by atoms with Gasteiger partial charge >= 0.3 is 0 Å². The molecule has 2 atom stereocenters. The smallest absolute Gasteiger partial charge is 0.0652 e. The molecule has 82 valence electrons. The molecule has 14 heavy (non-hydrogen) atoms. The third-order valence-electron chi connectivity index (χ3n) is 4.04. The number of ether oxygens (including phenoxy) is 1. The van der Waals surface area contributed by atoms with Crippen LogP contribution in [0.4, 0.5) is 0 Å². The maximum Gasteiger partial charge on any atom is 0.0652 e. The van der Waals surface area contributed by atoms with Gasteiger partial charge in [-0.25, -0.2) is 0 Å². The standard InChI is InChI=1S/C12H21BrO/c1-2-3-8-14-11-9-10(13)12(11)6-4-5-7-12/h10-11H,2-9H2,1H3. The van der Waals surface area contributed by atoms with Crippen LogP contribution in [0.15, 0.2) is 0 Å². The summed E-state index contributed by atoms with van der Waals surface area (Å²) >= 11 is 3.81. The van der Waals surface area contributed by atoms with Crippen molar-refractivity contribution in [3.05, 3.63) is 0 Å². The fraction of sp³-hybridized carbons (Fsp3) is 1.00. The summed E-state index contributed by atoms with van der Waals surface area (Å²) in [4.78, 5) is 0.740. The van der Waals surface area contributed by atoms with Crippen molar-refractivity contribution in [2.45, 2.75) is 62.8 Å². The second-order valence-corrected chi connectivity index (χ2v) is 5.96. The molecule has 2 heteroatoms. The van der Waals surface area contributed by atoms with Crippen molar-refractivity contribution in [1.29, 1.82) is 0 Å². The highest BCUT2D eigenvalue weighted by molar-refractivity contribution is 9.09. The first-order valence-electron chi connectivity index (χ1n) is 6.05. The van der Waals surface area contributed by atoms with Crippen LogP contribution in [0.5, 0.6) is 0 Å². The molecule has 2 aliphatic carbocycles. The fourth-order valence-corrected chi connectivity index (χ4v) is 4.06. The summed E-state index contributed by atoms with van der Waals surface area (Å²) < 4.78 is 6.00. The molecular formula is C12H21BrO. The highest BCUT2D eigenvalue weighted by Gasteiger charge is 2.55. The van der Waals surface area contributed by atoms with E-state index in [1.165, 1.54) is 44.9 Å². The predicted octanol–water partition coefficient (Wildman–Crippen LogP) is 3.90. The van der Waals surface area contributed by atoms with E-state index in [4.69, 9.17) is 4.74 Å². The Labute approximate surface area is 95.7 Å². The zero-order chi connectivity index (χ0) is 10.0. The monoisotopic (exact) mass is 260 g/mol. The molecule has 0 bridgehead atoms. The SMILES string of the molecule is CCCCOC1CC(Br)C12CCCC2. The first kappa shape index (κ1) is 10.9. The summed E-state index contributed by atoms with van der Waals surface area (Å²) in [5.41, 5.74) is 0.535. The molecular weight excluding hydrogens is 240 g/mol. The van der Waals surface area contributed by atoms with Crippen molar-refractivity contribution in [3.8, 4) is 0 Å². The Morgan fingerprint density at radius 3 is 2.64 bits per heavy atom. The van der Waals surface area contributed by atoms with Gasteiger partial charge in [-0.15, -0.1) is 0 Å². The third-order valence-corrected chi connectivity index (χ3v) is 5.32. The maximum absolute atomic E-state index is 6.00. The van der Waals surface area contributed by atoms with Crippen LogP contribution in [-0.4, -0.2) is 17.5 Å². The van der Waals surface area contributed by atoms with Crippen molar-refractivity contribution in [3.63, 3.8) is 0 Å². The van der Waals surface area contributed by atoms with E-state index in [0.717, 1.165) is 11.4 Å². The Hall–Kier alpha value is 0.440. The van der Waals surface area contributed by atoms with Crippen molar-refractivity contribution in [2.75, 3.05) is 6.61 Å². The number of hydrogen-bond acceptors (Lipinski definition) is 1. The Morgan fingerprint density at radius 1 is 1.36 bits per heavy atom. The van der Waals surface area contributed by atoms with Gasteiger partial charge in [0.15, 0.2) is 0 Å². The second kappa shape index (κ2) is 4.52. The molecule has 0 heterocycles. The second-order valence-electron chi connectivity index (χ2n) is 4.86. The number of alkyl halides is 1. The summed E-state index contributed by atoms with van der Waals surface area (Å²) in [5.74, 6) is 0. The molecule has 2 unspecified atom stereocenters. The molecule has 0 aromatic rings. The average molecular weight is 261 g/mol. The van der Waals surface area contributed by atoms with E-state index in [-0.39, 0.29) is 0 Å². The maximum atomic E-state index is 6.00. The molecule has 0 aromatic carbocycles. The van der Waals surface area contributed by atoms with Crippen molar-refractivity contribution < 1.29 is 4.74 Å². The van der Waals surface area contributed by atoms with Gasteiger partial charge in [0.25, 0.3) is 0 Å². The largest absolute Gasteiger partial charge is 0.378 e. The minimum Gasteiger partial charge on any atom is -0.378 e. The molecule has 2 saturated carbocycles. The van der Waals surface area contributed by atoms with Gasteiger partial charge in [0.05, 0.1) is 6.10 Å². The molecule has 2 aliphatic rings. The molecule has 2 fully saturated rings. The molecule has 0 amide bonds. The molecule has 0 saturated heterocycles. The van der Waals surface area contributed by atoms with E-state index in [1.54, 1.807) is 0 Å². The molecule has 0 aromatic heterocycles. The van der Waals surface area contributed by atoms with Crippen LogP contribution >= 0.6 is 15.9 Å². The molecule has 1 spiro atoms. The Bertz CT molecular complexity index is 187. The lowest BCUT2D eigenvalue weighted by Crippen LogP contribution is -2.53. The van der Waals surface area contributed by atoms with Crippen LogP contribution in [0, 0.1) is 5.41 Å². The van der Waals surface area contributed by atoms with E-state index in [0.29, 0.717) is 11.5 Å². The molecule has 1 nitrogen and oxygen atoms in total. The Kier molecular flexibility index (Phi) is 3.54. The van der Waals surface area contributed by atoms with Gasteiger partial charge in [0.1, 0.15) is 0 Å². The summed E-state index contributed by atoms with van der Waals surface area (Å²) in [5, 5.41) is 0. The summed E-state index contributed by atoms with van der Waals surface area (Å²) in [6.07, 6.45) is 9.88. The van der Waals surface area contributed by atoms with Gasteiger partial charge in [0, 0.05) is 16.8 Å². The van der Waals surface area contributed by atoms with E-state index in [1.807, 2.05) is 0 Å². The molecule has 0 aliphatic heterocycles. The first-order chi connectivity index (χ1) is 6.79. The quantitative estimate of drug-likeness (QED) is 0.551. The van der Waals surface area contributed by atoms with E-state index < -0.39 is 0 Å². The van der Waals surface area contributed by atoms with Crippen LogP contribution in [0.25, 0.3) is 0 Å². The third kappa shape index (κ3) is 1.76. The van der Waals surface area contributed by atoms with Gasteiger partial charge in [-0.2, -0.15) is 0 Å². The van der Waals surface area contributed by atoms with Gasteiger partial charge < -0.3 is 4.74 Å². The minimum absolute atomic E-state index is 0.535. The molecule has 0 radical (unpaired) electrons. The predicted molar refractivity (Wildman–Crippen MR) is 62.9 cm³/mol. The average Bonchev–Trinajstić information content (AvgIpc) is 2.68. The number of halogens is 1. The lowest BCUT2D eigenvalue weighted by Gasteiger charge is -2.51. The van der Waals surface area contributed by atoms with Crippen LogP contribution in [0.3, 0.4) is 0 Å². The van der Waals surface area contributed by atoms with Gasteiger partial charge in [0.2, 0.25) is 0 Å². The summed E-state index contributed by atoms with van der Waals surface area (Å²) in [7, 11) is 0. The normalized spacial score (nSPS) is 34.7. The highest BCUT2D eigenvalue weighted by Crippen LogP contribution is 2.57. The zero-order valence-corrected chi connectivity index (χ0v) is 10.7. The number of hydrogen-bond donors (Lipinski definition) is 0. The van der Waals surface area contributed by atoms with Crippen LogP contribution in [0.1, 0.15) is 51.9 Å². The summed E-state index contributed by atoms with van der Waals surface area (Å²) in [6, 6.07) is 0. The first-order valence-corrected chi connectivity index (χ1v) is 6.97. The van der Waals surface area contributed by atoms with Crippen molar-refractivity contribution in [1.82, 2.24) is 0 Å². The van der Waals surface area contributed by atoms with Gasteiger partial charge in [-0.05, 0) is 25.7 Å². The molecule has 0 N–H and O–H groups in total. The van der Waals surface area contributed by atoms with E-state index in [2.05, 4.69) is 22.9 Å². The summed E-state index contributed by atoms with van der Waals surface area (Å²) in [6.45, 7) is 3.20. The van der Waals surface area contributed by atoms with Crippen molar-refractivity contribution >= 4 is 15.9 Å². The Balaban J connectivity index is 1.82. The highest BCUT2D eigenvalue weighted by atomic mass is 79.9. The van der Waals surface area contributed by atoms with Gasteiger partial charge in [-0.3, -0.25) is 0 Å². The molecule has 2 rings (SSSR count). The number of rotatable bonds is 4. The Morgan fingerprint density at radius 2 is 2.07 bits per heavy atom. The van der Waals surface area contributed by atoms with E-state index >= 15 is 0 Å². The van der Waals surface area contributed by atoms with Crippen LogP contribution in [0.2, 0.25) is 0 Å². The fourth-order valence-electron chi connectivity index (χ4n) is 2.97. The topological polar surface area (TPSA) is 9.23 Å². The van der Waals surface area contributed by atoms with Crippen molar-refractivity contribution in [2.24, 2.45) is 5.41 Å². The lowest BCUT2D eigenvalue weighted by molar-refractivity contribution is -0.101. The van der Waals surface area contributed by atoms with Gasteiger partial charge in [-0.1, -0.05) is 42.1 Å². The lowest BCUT2D eigenvalue weighted by atomic mass is 9.64. The minimum atomic E-state index is 0.535. The number of unbranched alkanes of at least 4 members (excludes halogenated alkanes) is 1. The van der Waals surface area contributed by atoms with Crippen LogP contribution in [-0.2, 0) is 4.74 Å². The van der Waals surface area contributed by atoms with E-state index in [9.17, 15) is 0 Å². The zero-order valence-electron chi connectivity index (χ0n) is 9.10.